The van der Waals surface area contributed by atoms with Gasteiger partial charge in [-0.25, -0.2) is 4.98 Å². The quantitative estimate of drug-likeness (QED) is 0.800. The average Bonchev–Trinajstić information content (AvgIpc) is 2.75. The van der Waals surface area contributed by atoms with Crippen LogP contribution in [0.2, 0.25) is 5.28 Å². The number of halogens is 1. The molecule has 2 aromatic rings. The van der Waals surface area contributed by atoms with E-state index in [9.17, 15) is 0 Å². The van der Waals surface area contributed by atoms with Gasteiger partial charge >= 0.3 is 0 Å². The Morgan fingerprint density at radius 1 is 1.18 bits per heavy atom. The third-order valence-corrected chi connectivity index (χ3v) is 3.23. The molecule has 0 fully saturated rings. The van der Waals surface area contributed by atoms with E-state index in [2.05, 4.69) is 9.97 Å². The van der Waals surface area contributed by atoms with Crippen molar-refractivity contribution in [1.82, 2.24) is 9.97 Å². The summed E-state index contributed by atoms with van der Waals surface area (Å²) in [6, 6.07) is 0. The van der Waals surface area contributed by atoms with E-state index in [-0.39, 0.29) is 18.5 Å². The fraction of sp³-hybridized carbons (Fsp3) is 0.400. The van der Waals surface area contributed by atoms with Gasteiger partial charge in [0.15, 0.2) is 0 Å². The predicted octanol–water partition coefficient (Wildman–Crippen LogP) is 1.14. The van der Waals surface area contributed by atoms with Crippen LogP contribution >= 0.6 is 22.9 Å². The molecule has 0 radical (unpaired) electrons. The molecule has 0 spiro atoms. The standard InChI is InChI=1S/C10H12ClN3O2S/c11-10-12-8-6-17-5-7(8)9(13-10)14(1-3-15)2-4-16/h5-6,15-16H,1-4H2. The summed E-state index contributed by atoms with van der Waals surface area (Å²) in [6.45, 7) is 0.790. The maximum atomic E-state index is 9.02. The normalized spacial score (nSPS) is 11.0. The number of thiophene rings is 1. The van der Waals surface area contributed by atoms with Crippen LogP contribution in [0.5, 0.6) is 0 Å². The minimum atomic E-state index is -0.00669. The van der Waals surface area contributed by atoms with Crippen LogP contribution in [0.15, 0.2) is 10.8 Å². The van der Waals surface area contributed by atoms with Gasteiger partial charge in [-0.05, 0) is 11.6 Å². The molecule has 7 heteroatoms. The number of fused-ring (bicyclic) bond motifs is 1. The lowest BCUT2D eigenvalue weighted by molar-refractivity contribution is 0.281. The molecular weight excluding hydrogens is 262 g/mol. The number of hydrogen-bond acceptors (Lipinski definition) is 6. The first-order valence-electron chi connectivity index (χ1n) is 5.12. The third kappa shape index (κ3) is 2.66. The van der Waals surface area contributed by atoms with Gasteiger partial charge in [0.1, 0.15) is 5.82 Å². The van der Waals surface area contributed by atoms with Crippen LogP contribution in [0.3, 0.4) is 0 Å². The molecule has 0 aliphatic rings. The lowest BCUT2D eigenvalue weighted by Crippen LogP contribution is -2.30. The molecule has 17 heavy (non-hydrogen) atoms. The Labute approximate surface area is 107 Å². The van der Waals surface area contributed by atoms with Crippen LogP contribution in [0.25, 0.3) is 10.9 Å². The largest absolute Gasteiger partial charge is 0.395 e. The highest BCUT2D eigenvalue weighted by atomic mass is 35.5. The summed E-state index contributed by atoms with van der Waals surface area (Å²) in [5.41, 5.74) is 0.783. The number of aliphatic hydroxyl groups excluding tert-OH is 2. The van der Waals surface area contributed by atoms with E-state index in [1.54, 1.807) is 4.90 Å². The third-order valence-electron chi connectivity index (χ3n) is 2.33. The van der Waals surface area contributed by atoms with Gasteiger partial charge in [-0.1, -0.05) is 0 Å². The molecule has 0 aliphatic carbocycles. The van der Waals surface area contributed by atoms with Gasteiger partial charge < -0.3 is 15.1 Å². The van der Waals surface area contributed by atoms with Crippen molar-refractivity contribution in [3.63, 3.8) is 0 Å². The lowest BCUT2D eigenvalue weighted by Gasteiger charge is -2.22. The van der Waals surface area contributed by atoms with Crippen LogP contribution in [-0.2, 0) is 0 Å². The van der Waals surface area contributed by atoms with E-state index < -0.39 is 0 Å². The summed E-state index contributed by atoms with van der Waals surface area (Å²) in [7, 11) is 0. The smallest absolute Gasteiger partial charge is 0.224 e. The van der Waals surface area contributed by atoms with Crippen molar-refractivity contribution in [3.05, 3.63) is 16.0 Å². The Balaban J connectivity index is 2.46. The van der Waals surface area contributed by atoms with E-state index in [4.69, 9.17) is 21.8 Å². The molecule has 2 N–H and O–H groups in total. The van der Waals surface area contributed by atoms with Gasteiger partial charge in [0.2, 0.25) is 5.28 Å². The average molecular weight is 274 g/mol. The van der Waals surface area contributed by atoms with Gasteiger partial charge in [0.25, 0.3) is 0 Å². The zero-order valence-corrected chi connectivity index (χ0v) is 10.6. The molecule has 0 atom stereocenters. The van der Waals surface area contributed by atoms with Crippen LogP contribution in [0.1, 0.15) is 0 Å². The summed E-state index contributed by atoms with van der Waals surface area (Å²) >= 11 is 7.37. The van der Waals surface area contributed by atoms with E-state index in [1.165, 1.54) is 11.3 Å². The summed E-state index contributed by atoms with van der Waals surface area (Å²) < 4.78 is 0. The number of nitrogens with zero attached hydrogens (tertiary/aromatic N) is 3. The maximum Gasteiger partial charge on any atom is 0.224 e. The number of hydrogen-bond donors (Lipinski definition) is 2. The first kappa shape index (κ1) is 12.5. The molecular formula is C10H12ClN3O2S. The highest BCUT2D eigenvalue weighted by Gasteiger charge is 2.14. The highest BCUT2D eigenvalue weighted by molar-refractivity contribution is 7.09. The second-order valence-corrected chi connectivity index (χ2v) is 4.50. The Morgan fingerprint density at radius 2 is 1.88 bits per heavy atom. The topological polar surface area (TPSA) is 69.5 Å². The Morgan fingerprint density at radius 3 is 2.53 bits per heavy atom. The van der Waals surface area contributed by atoms with Crippen molar-refractivity contribution < 1.29 is 10.2 Å². The number of anilines is 1. The fourth-order valence-corrected chi connectivity index (χ4v) is 2.53. The number of aromatic nitrogens is 2. The zero-order valence-electron chi connectivity index (χ0n) is 9.01. The summed E-state index contributed by atoms with van der Waals surface area (Å²) in [5.74, 6) is 0.657. The van der Waals surface area contributed by atoms with Gasteiger partial charge in [0, 0.05) is 23.8 Å². The van der Waals surface area contributed by atoms with E-state index in [1.807, 2.05) is 10.8 Å². The van der Waals surface area contributed by atoms with Gasteiger partial charge in [-0.15, -0.1) is 11.3 Å². The van der Waals surface area contributed by atoms with Crippen molar-refractivity contribution in [2.24, 2.45) is 0 Å². The SMILES string of the molecule is OCCN(CCO)c1nc(Cl)nc2cscc12. The van der Waals surface area contributed by atoms with Crippen LogP contribution < -0.4 is 4.90 Å². The maximum absolute atomic E-state index is 9.02. The molecule has 2 aromatic heterocycles. The van der Waals surface area contributed by atoms with Crippen LogP contribution in [-0.4, -0.2) is 46.5 Å². The molecule has 0 saturated heterocycles. The molecule has 2 heterocycles. The first-order valence-corrected chi connectivity index (χ1v) is 6.44. The predicted molar refractivity (Wildman–Crippen MR) is 68.8 cm³/mol. The highest BCUT2D eigenvalue weighted by Crippen LogP contribution is 2.27. The second-order valence-electron chi connectivity index (χ2n) is 3.42. The summed E-state index contributed by atoms with van der Waals surface area (Å²) in [4.78, 5) is 10.1. The molecule has 0 saturated carbocycles. The Hall–Kier alpha value is -0.950. The van der Waals surface area contributed by atoms with Crippen molar-refractivity contribution >= 4 is 39.7 Å². The number of aliphatic hydroxyl groups is 2. The molecule has 2 rings (SSSR count). The summed E-state index contributed by atoms with van der Waals surface area (Å²) in [5, 5.41) is 22.9. The minimum absolute atomic E-state index is 0.00669. The first-order chi connectivity index (χ1) is 8.26. The Bertz CT molecular complexity index is 499. The van der Waals surface area contributed by atoms with Crippen molar-refractivity contribution in [1.29, 1.82) is 0 Å². The van der Waals surface area contributed by atoms with Gasteiger partial charge in [-0.2, -0.15) is 4.98 Å². The zero-order chi connectivity index (χ0) is 12.3. The van der Waals surface area contributed by atoms with E-state index in [0.29, 0.717) is 18.9 Å². The molecule has 0 aliphatic heterocycles. The van der Waals surface area contributed by atoms with Crippen LogP contribution in [0.4, 0.5) is 5.82 Å². The monoisotopic (exact) mass is 273 g/mol. The number of rotatable bonds is 5. The second kappa shape index (κ2) is 5.59. The van der Waals surface area contributed by atoms with Crippen molar-refractivity contribution in [3.8, 4) is 0 Å². The molecule has 0 unspecified atom stereocenters. The minimum Gasteiger partial charge on any atom is -0.395 e. The Kier molecular flexibility index (Phi) is 4.11. The fourth-order valence-electron chi connectivity index (χ4n) is 1.62. The lowest BCUT2D eigenvalue weighted by atomic mass is 10.3. The van der Waals surface area contributed by atoms with Crippen molar-refractivity contribution in [2.75, 3.05) is 31.2 Å². The molecule has 5 nitrogen and oxygen atoms in total. The molecule has 0 bridgehead atoms. The van der Waals surface area contributed by atoms with E-state index in [0.717, 1.165) is 10.9 Å². The molecule has 0 aromatic carbocycles. The summed E-state index contributed by atoms with van der Waals surface area (Å²) in [6.07, 6.45) is 0. The van der Waals surface area contributed by atoms with Crippen molar-refractivity contribution in [2.45, 2.75) is 0 Å². The van der Waals surface area contributed by atoms with Gasteiger partial charge in [0.05, 0.1) is 24.1 Å². The van der Waals surface area contributed by atoms with E-state index >= 15 is 0 Å². The van der Waals surface area contributed by atoms with Gasteiger partial charge in [-0.3, -0.25) is 0 Å². The molecule has 0 amide bonds. The van der Waals surface area contributed by atoms with Crippen LogP contribution in [0, 0.1) is 0 Å². The molecule has 92 valence electrons.